The summed E-state index contributed by atoms with van der Waals surface area (Å²) < 4.78 is 16.4. The van der Waals surface area contributed by atoms with Crippen LogP contribution in [0.15, 0.2) is 114 Å². The Balaban J connectivity index is 1.69. The van der Waals surface area contributed by atoms with Gasteiger partial charge in [-0.15, -0.1) is 0 Å². The van der Waals surface area contributed by atoms with E-state index in [-0.39, 0.29) is 11.1 Å². The summed E-state index contributed by atoms with van der Waals surface area (Å²) in [6.45, 7) is 2.28. The van der Waals surface area contributed by atoms with Crippen LogP contribution in [0.4, 0.5) is 4.39 Å². The Morgan fingerprint density at radius 1 is 0.868 bits per heavy atom. The molecule has 5 aromatic rings. The molecule has 38 heavy (non-hydrogen) atoms. The molecule has 4 aromatic carbocycles. The van der Waals surface area contributed by atoms with Crippen LogP contribution < -0.4 is 5.56 Å². The van der Waals surface area contributed by atoms with Gasteiger partial charge < -0.3 is 4.90 Å². The van der Waals surface area contributed by atoms with E-state index in [9.17, 15) is 14.0 Å². The standard InChI is InChI=1S/C32H28FN3O2/c1-2-29(30-34-28-20-12-10-18-26(28)32(38)36(30)24-15-7-4-8-16-24)35(22-21-23-13-5-3-6-14-23)31(37)25-17-9-11-19-27(25)33/h3-20,29H,2,21-22H2,1H3. The number of aromatic nitrogens is 2. The van der Waals surface area contributed by atoms with E-state index >= 15 is 0 Å². The average Bonchev–Trinajstić information content (AvgIpc) is 2.96. The number of hydrogen-bond donors (Lipinski definition) is 0. The lowest BCUT2D eigenvalue weighted by molar-refractivity contribution is 0.0657. The third-order valence-corrected chi connectivity index (χ3v) is 6.73. The van der Waals surface area contributed by atoms with Crippen molar-refractivity contribution in [3.63, 3.8) is 0 Å². The fraction of sp³-hybridized carbons (Fsp3) is 0.156. The Kier molecular flexibility index (Phi) is 7.40. The molecule has 0 aliphatic heterocycles. The first kappa shape index (κ1) is 25.1. The number of rotatable bonds is 8. The Bertz CT molecular complexity index is 1620. The smallest absolute Gasteiger partial charge is 0.266 e. The second kappa shape index (κ2) is 11.2. The summed E-state index contributed by atoms with van der Waals surface area (Å²) >= 11 is 0. The quantitative estimate of drug-likeness (QED) is 0.247. The second-order valence-electron chi connectivity index (χ2n) is 9.10. The largest absolute Gasteiger partial charge is 0.328 e. The Labute approximate surface area is 220 Å². The Morgan fingerprint density at radius 3 is 2.21 bits per heavy atom. The zero-order valence-electron chi connectivity index (χ0n) is 21.1. The van der Waals surface area contributed by atoms with Crippen molar-refractivity contribution in [3.05, 3.63) is 142 Å². The van der Waals surface area contributed by atoms with Gasteiger partial charge in [0.1, 0.15) is 11.6 Å². The minimum Gasteiger partial charge on any atom is -0.328 e. The first-order chi connectivity index (χ1) is 18.6. The summed E-state index contributed by atoms with van der Waals surface area (Å²) in [5.41, 5.74) is 2.05. The van der Waals surface area contributed by atoms with Gasteiger partial charge in [0.2, 0.25) is 0 Å². The monoisotopic (exact) mass is 505 g/mol. The van der Waals surface area contributed by atoms with E-state index in [4.69, 9.17) is 4.98 Å². The molecule has 0 bridgehead atoms. The fourth-order valence-electron chi connectivity index (χ4n) is 4.82. The number of carbonyl (C=O) groups is 1. The number of carbonyl (C=O) groups excluding carboxylic acids is 1. The lowest BCUT2D eigenvalue weighted by atomic mass is 10.1. The highest BCUT2D eigenvalue weighted by Crippen LogP contribution is 2.28. The van der Waals surface area contributed by atoms with Gasteiger partial charge in [0, 0.05) is 6.54 Å². The molecule has 1 amide bonds. The van der Waals surface area contributed by atoms with Crippen LogP contribution in [-0.2, 0) is 6.42 Å². The molecule has 1 aromatic heterocycles. The van der Waals surface area contributed by atoms with Crippen LogP contribution in [0, 0.1) is 5.82 Å². The van der Waals surface area contributed by atoms with Crippen molar-refractivity contribution in [1.82, 2.24) is 14.5 Å². The average molecular weight is 506 g/mol. The molecule has 0 saturated carbocycles. The van der Waals surface area contributed by atoms with Gasteiger partial charge in [0.15, 0.2) is 0 Å². The van der Waals surface area contributed by atoms with E-state index in [1.807, 2.05) is 79.7 Å². The first-order valence-electron chi connectivity index (χ1n) is 12.7. The second-order valence-corrected chi connectivity index (χ2v) is 9.10. The third-order valence-electron chi connectivity index (χ3n) is 6.73. The zero-order valence-corrected chi connectivity index (χ0v) is 21.1. The van der Waals surface area contributed by atoms with Crippen molar-refractivity contribution in [3.8, 4) is 5.69 Å². The molecule has 1 heterocycles. The van der Waals surface area contributed by atoms with Crippen LogP contribution in [0.3, 0.4) is 0 Å². The van der Waals surface area contributed by atoms with Crippen molar-refractivity contribution in [1.29, 1.82) is 0 Å². The molecule has 5 rings (SSSR count). The number of halogens is 1. The third kappa shape index (κ3) is 4.98. The first-order valence-corrected chi connectivity index (χ1v) is 12.7. The van der Waals surface area contributed by atoms with Gasteiger partial charge in [-0.1, -0.05) is 79.7 Å². The summed E-state index contributed by atoms with van der Waals surface area (Å²) in [5.74, 6) is -0.572. The van der Waals surface area contributed by atoms with E-state index in [0.29, 0.717) is 41.8 Å². The molecule has 5 nitrogen and oxygen atoms in total. The summed E-state index contributed by atoms with van der Waals surface area (Å²) in [7, 11) is 0. The van der Waals surface area contributed by atoms with Crippen LogP contribution in [0.5, 0.6) is 0 Å². The number of benzene rings is 4. The maximum Gasteiger partial charge on any atom is 0.266 e. The van der Waals surface area contributed by atoms with Crippen LogP contribution in [0.1, 0.15) is 41.1 Å². The van der Waals surface area contributed by atoms with E-state index < -0.39 is 17.8 Å². The van der Waals surface area contributed by atoms with Crippen molar-refractivity contribution < 1.29 is 9.18 Å². The van der Waals surface area contributed by atoms with E-state index in [1.54, 1.807) is 33.7 Å². The minimum atomic E-state index is -0.580. The van der Waals surface area contributed by atoms with E-state index in [1.165, 1.54) is 12.1 Å². The summed E-state index contributed by atoms with van der Waals surface area (Å²) in [4.78, 5) is 34.3. The zero-order chi connectivity index (χ0) is 26.5. The number of hydrogen-bond acceptors (Lipinski definition) is 3. The number of amides is 1. The van der Waals surface area contributed by atoms with Gasteiger partial charge >= 0.3 is 0 Å². The number of nitrogens with zero attached hydrogens (tertiary/aromatic N) is 3. The fourth-order valence-corrected chi connectivity index (χ4v) is 4.82. The summed E-state index contributed by atoms with van der Waals surface area (Å²) in [5, 5.41) is 0.492. The van der Waals surface area contributed by atoms with Gasteiger partial charge in [-0.05, 0) is 54.8 Å². The van der Waals surface area contributed by atoms with Crippen LogP contribution >= 0.6 is 0 Å². The van der Waals surface area contributed by atoms with Gasteiger partial charge in [0.25, 0.3) is 11.5 Å². The SMILES string of the molecule is CCC(c1nc2ccccc2c(=O)n1-c1ccccc1)N(CCc1ccccc1)C(=O)c1ccccc1F. The molecule has 0 saturated heterocycles. The summed E-state index contributed by atoms with van der Waals surface area (Å²) in [6.07, 6.45) is 1.05. The van der Waals surface area contributed by atoms with Crippen molar-refractivity contribution in [2.45, 2.75) is 25.8 Å². The predicted molar refractivity (Wildman–Crippen MR) is 148 cm³/mol. The highest BCUT2D eigenvalue weighted by atomic mass is 19.1. The number of para-hydroxylation sites is 2. The normalized spacial score (nSPS) is 11.8. The molecule has 0 radical (unpaired) electrons. The molecule has 1 atom stereocenters. The maximum absolute atomic E-state index is 14.8. The maximum atomic E-state index is 14.8. The van der Waals surface area contributed by atoms with Gasteiger partial charge in [0.05, 0.1) is 28.2 Å². The predicted octanol–water partition coefficient (Wildman–Crippen LogP) is 6.36. The van der Waals surface area contributed by atoms with Crippen molar-refractivity contribution in [2.24, 2.45) is 0 Å². The highest BCUT2D eigenvalue weighted by Gasteiger charge is 2.30. The molecule has 0 N–H and O–H groups in total. The molecule has 1 unspecified atom stereocenters. The molecule has 0 spiro atoms. The lowest BCUT2D eigenvalue weighted by Crippen LogP contribution is -2.40. The van der Waals surface area contributed by atoms with Crippen molar-refractivity contribution in [2.75, 3.05) is 6.54 Å². The Morgan fingerprint density at radius 2 is 1.50 bits per heavy atom. The van der Waals surface area contributed by atoms with Gasteiger partial charge in [-0.3, -0.25) is 14.2 Å². The molecule has 0 fully saturated rings. The molecular formula is C32H28FN3O2. The van der Waals surface area contributed by atoms with Crippen LogP contribution in [0.2, 0.25) is 0 Å². The Hall–Kier alpha value is -4.58. The molecule has 0 aliphatic rings. The summed E-state index contributed by atoms with van der Waals surface area (Å²) in [6, 6.07) is 31.8. The molecular weight excluding hydrogens is 477 g/mol. The molecule has 0 aliphatic carbocycles. The minimum absolute atomic E-state index is 0.00610. The van der Waals surface area contributed by atoms with E-state index in [0.717, 1.165) is 5.56 Å². The van der Waals surface area contributed by atoms with Gasteiger partial charge in [-0.2, -0.15) is 0 Å². The molecule has 190 valence electrons. The topological polar surface area (TPSA) is 55.2 Å². The van der Waals surface area contributed by atoms with Gasteiger partial charge in [-0.25, -0.2) is 9.37 Å². The van der Waals surface area contributed by atoms with Crippen LogP contribution in [-0.4, -0.2) is 26.9 Å². The van der Waals surface area contributed by atoms with Crippen LogP contribution in [0.25, 0.3) is 16.6 Å². The highest BCUT2D eigenvalue weighted by molar-refractivity contribution is 5.94. The van der Waals surface area contributed by atoms with Crippen molar-refractivity contribution >= 4 is 16.8 Å². The van der Waals surface area contributed by atoms with E-state index in [2.05, 4.69) is 0 Å². The lowest BCUT2D eigenvalue weighted by Gasteiger charge is -2.32. The molecule has 6 heteroatoms. The number of fused-ring (bicyclic) bond motifs is 1.